The molecule has 0 N–H and O–H groups in total. The Hall–Kier alpha value is -1.15. The van der Waals surface area contributed by atoms with E-state index in [9.17, 15) is 4.79 Å². The van der Waals surface area contributed by atoms with Crippen LogP contribution in [0.1, 0.15) is 30.9 Å². The Morgan fingerprint density at radius 3 is 2.20 bits per heavy atom. The molecule has 0 aromatic heterocycles. The van der Waals surface area contributed by atoms with E-state index in [0.717, 1.165) is 11.8 Å². The van der Waals surface area contributed by atoms with Crippen molar-refractivity contribution in [2.24, 2.45) is 0 Å². The lowest BCUT2D eigenvalue weighted by Crippen LogP contribution is -2.48. The molecule has 0 radical (unpaired) electrons. The van der Waals surface area contributed by atoms with E-state index < -0.39 is 0 Å². The minimum Gasteiger partial charge on any atom is -0.379 e. The molecular weight excluding hydrogens is 188 g/mol. The summed E-state index contributed by atoms with van der Waals surface area (Å²) < 4.78 is 5.13. The molecule has 1 heterocycles. The van der Waals surface area contributed by atoms with Crippen molar-refractivity contribution in [3.63, 3.8) is 0 Å². The fourth-order valence-electron chi connectivity index (χ4n) is 1.82. The lowest BCUT2D eigenvalue weighted by atomic mass is 9.79. The van der Waals surface area contributed by atoms with Gasteiger partial charge in [0.2, 0.25) is 0 Å². The summed E-state index contributed by atoms with van der Waals surface area (Å²) in [6.45, 7) is 5.38. The summed E-state index contributed by atoms with van der Waals surface area (Å²) in [5.41, 5.74) is 2.02. The zero-order valence-electron chi connectivity index (χ0n) is 9.19. The van der Waals surface area contributed by atoms with Gasteiger partial charge in [0.1, 0.15) is 6.29 Å². The van der Waals surface area contributed by atoms with Crippen LogP contribution >= 0.6 is 0 Å². The summed E-state index contributed by atoms with van der Waals surface area (Å²) in [4.78, 5) is 11.0. The van der Waals surface area contributed by atoms with Crippen LogP contribution in [-0.4, -0.2) is 19.5 Å². The van der Waals surface area contributed by atoms with Crippen LogP contribution < -0.4 is 0 Å². The third-order valence-electron chi connectivity index (χ3n) is 3.10. The molecule has 15 heavy (non-hydrogen) atoms. The van der Waals surface area contributed by atoms with Gasteiger partial charge in [-0.05, 0) is 17.0 Å². The number of hydrogen-bond acceptors (Lipinski definition) is 2. The van der Waals surface area contributed by atoms with Crippen LogP contribution in [0.5, 0.6) is 0 Å². The first-order valence-electron chi connectivity index (χ1n) is 5.32. The maximum atomic E-state index is 11.0. The number of hydrogen-bond donors (Lipinski definition) is 0. The van der Waals surface area contributed by atoms with E-state index >= 15 is 0 Å². The Bertz CT molecular complexity index is 347. The molecule has 0 amide bonds. The number of carbonyl (C=O) groups is 1. The molecule has 2 rings (SSSR count). The van der Waals surface area contributed by atoms with Crippen LogP contribution in [-0.2, 0) is 14.9 Å². The average Bonchev–Trinajstić information content (AvgIpc) is 2.18. The van der Waals surface area contributed by atoms with Gasteiger partial charge in [-0.3, -0.25) is 0 Å². The molecule has 0 unspecified atom stereocenters. The van der Waals surface area contributed by atoms with Gasteiger partial charge in [-0.1, -0.05) is 38.1 Å². The molecule has 2 nitrogen and oxygen atoms in total. The Labute approximate surface area is 90.3 Å². The standard InChI is InChI=1S/C13H16O2/c1-10(2)11-3-5-12(6-4-11)13(7-14)8-15-9-13/h3-7,10H,8-9H2,1-2H3. The SMILES string of the molecule is CC(C)c1ccc(C2(C=O)COC2)cc1. The molecule has 0 bridgehead atoms. The fourth-order valence-corrected chi connectivity index (χ4v) is 1.82. The molecule has 1 fully saturated rings. The first-order valence-corrected chi connectivity index (χ1v) is 5.32. The summed E-state index contributed by atoms with van der Waals surface area (Å²) in [7, 11) is 0. The molecule has 0 aliphatic carbocycles. The first-order chi connectivity index (χ1) is 7.18. The van der Waals surface area contributed by atoms with Gasteiger partial charge < -0.3 is 9.53 Å². The Kier molecular flexibility index (Phi) is 2.61. The van der Waals surface area contributed by atoms with Gasteiger partial charge in [-0.15, -0.1) is 0 Å². The molecule has 1 aliphatic rings. The Balaban J connectivity index is 2.26. The van der Waals surface area contributed by atoms with Crippen LogP contribution in [0.3, 0.4) is 0 Å². The molecular formula is C13H16O2. The second kappa shape index (κ2) is 3.78. The van der Waals surface area contributed by atoms with E-state index in [2.05, 4.69) is 26.0 Å². The van der Waals surface area contributed by atoms with Gasteiger partial charge in [0.15, 0.2) is 0 Å². The maximum absolute atomic E-state index is 11.0. The van der Waals surface area contributed by atoms with E-state index in [1.54, 1.807) is 0 Å². The second-order valence-electron chi connectivity index (χ2n) is 4.54. The quantitative estimate of drug-likeness (QED) is 0.706. The minimum atomic E-state index is -0.366. The lowest BCUT2D eigenvalue weighted by molar-refractivity contribution is -0.129. The summed E-state index contributed by atoms with van der Waals surface area (Å²) in [5, 5.41) is 0. The van der Waals surface area contributed by atoms with E-state index in [4.69, 9.17) is 4.74 Å². The lowest BCUT2D eigenvalue weighted by Gasteiger charge is -2.36. The van der Waals surface area contributed by atoms with Crippen LogP contribution in [0.15, 0.2) is 24.3 Å². The predicted octanol–water partition coefficient (Wildman–Crippen LogP) is 2.28. The number of rotatable bonds is 3. The highest BCUT2D eigenvalue weighted by Gasteiger charge is 2.40. The predicted molar refractivity (Wildman–Crippen MR) is 59.1 cm³/mol. The minimum absolute atomic E-state index is 0.366. The first kappa shape index (κ1) is 10.4. The van der Waals surface area contributed by atoms with Crippen molar-refractivity contribution in [1.29, 1.82) is 0 Å². The van der Waals surface area contributed by atoms with Gasteiger partial charge in [0, 0.05) is 0 Å². The third kappa shape index (κ3) is 1.70. The largest absolute Gasteiger partial charge is 0.379 e. The highest BCUT2D eigenvalue weighted by molar-refractivity contribution is 5.70. The third-order valence-corrected chi connectivity index (χ3v) is 3.10. The molecule has 1 saturated heterocycles. The summed E-state index contributed by atoms with van der Waals surface area (Å²) in [6.07, 6.45) is 1.01. The normalized spacial score (nSPS) is 18.6. The maximum Gasteiger partial charge on any atom is 0.135 e. The van der Waals surface area contributed by atoms with Crippen LogP contribution in [0.2, 0.25) is 0 Å². The Morgan fingerprint density at radius 1 is 1.27 bits per heavy atom. The summed E-state index contributed by atoms with van der Waals surface area (Å²) in [5.74, 6) is 0.531. The average molecular weight is 204 g/mol. The summed E-state index contributed by atoms with van der Waals surface area (Å²) in [6, 6.07) is 8.30. The van der Waals surface area contributed by atoms with E-state index in [-0.39, 0.29) is 5.41 Å². The summed E-state index contributed by atoms with van der Waals surface area (Å²) >= 11 is 0. The molecule has 0 atom stereocenters. The van der Waals surface area contributed by atoms with E-state index in [1.165, 1.54) is 5.56 Å². The molecule has 1 aliphatic heterocycles. The van der Waals surface area contributed by atoms with Crippen molar-refractivity contribution >= 4 is 6.29 Å². The van der Waals surface area contributed by atoms with Crippen LogP contribution in [0.4, 0.5) is 0 Å². The van der Waals surface area contributed by atoms with Gasteiger partial charge in [-0.2, -0.15) is 0 Å². The highest BCUT2D eigenvalue weighted by atomic mass is 16.5. The molecule has 80 valence electrons. The van der Waals surface area contributed by atoms with Crippen molar-refractivity contribution in [1.82, 2.24) is 0 Å². The molecule has 1 aromatic rings. The van der Waals surface area contributed by atoms with Crippen molar-refractivity contribution in [2.75, 3.05) is 13.2 Å². The van der Waals surface area contributed by atoms with Gasteiger partial charge >= 0.3 is 0 Å². The van der Waals surface area contributed by atoms with Crippen LogP contribution in [0.25, 0.3) is 0 Å². The zero-order chi connectivity index (χ0) is 10.9. The van der Waals surface area contributed by atoms with Crippen LogP contribution in [0, 0.1) is 0 Å². The van der Waals surface area contributed by atoms with Crippen molar-refractivity contribution in [2.45, 2.75) is 25.2 Å². The van der Waals surface area contributed by atoms with E-state index in [0.29, 0.717) is 19.1 Å². The zero-order valence-corrected chi connectivity index (χ0v) is 9.19. The Morgan fingerprint density at radius 2 is 1.87 bits per heavy atom. The topological polar surface area (TPSA) is 26.3 Å². The van der Waals surface area contributed by atoms with Gasteiger partial charge in [0.05, 0.1) is 18.6 Å². The van der Waals surface area contributed by atoms with Crippen molar-refractivity contribution in [3.05, 3.63) is 35.4 Å². The van der Waals surface area contributed by atoms with Crippen molar-refractivity contribution in [3.8, 4) is 0 Å². The molecule has 1 aromatic carbocycles. The molecule has 2 heteroatoms. The van der Waals surface area contributed by atoms with Crippen molar-refractivity contribution < 1.29 is 9.53 Å². The fraction of sp³-hybridized carbons (Fsp3) is 0.462. The van der Waals surface area contributed by atoms with Gasteiger partial charge in [-0.25, -0.2) is 0 Å². The molecule has 0 saturated carbocycles. The highest BCUT2D eigenvalue weighted by Crippen LogP contribution is 2.31. The van der Waals surface area contributed by atoms with E-state index in [1.807, 2.05) is 12.1 Å². The number of benzene rings is 1. The monoisotopic (exact) mass is 204 g/mol. The number of carbonyl (C=O) groups excluding carboxylic acids is 1. The molecule has 0 spiro atoms. The number of ether oxygens (including phenoxy) is 1. The second-order valence-corrected chi connectivity index (χ2v) is 4.54. The van der Waals surface area contributed by atoms with Gasteiger partial charge in [0.25, 0.3) is 0 Å². The smallest absolute Gasteiger partial charge is 0.135 e. The number of aldehydes is 1.